The first-order chi connectivity index (χ1) is 6.60. The molecule has 1 heterocycles. The lowest BCUT2D eigenvalue weighted by Gasteiger charge is -2.26. The molecule has 82 valence electrons. The summed E-state index contributed by atoms with van der Waals surface area (Å²) in [6.07, 6.45) is 2.11. The van der Waals surface area contributed by atoms with Crippen LogP contribution in [0.4, 0.5) is 0 Å². The van der Waals surface area contributed by atoms with E-state index in [-0.39, 0.29) is 12.0 Å². The van der Waals surface area contributed by atoms with E-state index in [1.807, 2.05) is 0 Å². The van der Waals surface area contributed by atoms with Gasteiger partial charge in [-0.25, -0.2) is 0 Å². The molecule has 0 saturated carbocycles. The van der Waals surface area contributed by atoms with E-state index in [1.165, 1.54) is 7.11 Å². The van der Waals surface area contributed by atoms with Gasteiger partial charge in [0.15, 0.2) is 0 Å². The van der Waals surface area contributed by atoms with Gasteiger partial charge in [0, 0.05) is 12.6 Å². The van der Waals surface area contributed by atoms with E-state index in [9.17, 15) is 4.79 Å². The quantitative estimate of drug-likeness (QED) is 0.647. The van der Waals surface area contributed by atoms with Gasteiger partial charge >= 0.3 is 5.97 Å². The molecule has 0 aromatic heterocycles. The summed E-state index contributed by atoms with van der Waals surface area (Å²) < 4.78 is 4.83. The zero-order chi connectivity index (χ0) is 10.7. The van der Waals surface area contributed by atoms with Crippen molar-refractivity contribution < 1.29 is 9.53 Å². The number of esters is 1. The zero-order valence-corrected chi connectivity index (χ0v) is 9.62. The molecular weight excluding hydrogens is 178 g/mol. The van der Waals surface area contributed by atoms with E-state index < -0.39 is 0 Å². The minimum Gasteiger partial charge on any atom is -0.468 e. The number of carbonyl (C=O) groups is 1. The summed E-state index contributed by atoms with van der Waals surface area (Å²) in [5.41, 5.74) is 0. The van der Waals surface area contributed by atoms with Crippen LogP contribution in [0.5, 0.6) is 0 Å². The fourth-order valence-electron chi connectivity index (χ4n) is 2.19. The Hall–Kier alpha value is -0.570. The van der Waals surface area contributed by atoms with Crippen molar-refractivity contribution in [3.63, 3.8) is 0 Å². The normalized spacial score (nSPS) is 28.4. The Balaban J connectivity index is 2.67. The average molecular weight is 199 g/mol. The first kappa shape index (κ1) is 11.5. The van der Waals surface area contributed by atoms with Crippen LogP contribution in [0.3, 0.4) is 0 Å². The predicted molar refractivity (Wildman–Crippen MR) is 56.0 cm³/mol. The molecule has 0 N–H and O–H groups in total. The summed E-state index contributed by atoms with van der Waals surface area (Å²) in [6, 6.07) is 0.417. The van der Waals surface area contributed by atoms with Gasteiger partial charge in [0.2, 0.25) is 0 Å². The van der Waals surface area contributed by atoms with Gasteiger partial charge in [0.25, 0.3) is 0 Å². The van der Waals surface area contributed by atoms with Gasteiger partial charge in [-0.15, -0.1) is 0 Å². The van der Waals surface area contributed by atoms with Crippen LogP contribution in [0.1, 0.15) is 33.6 Å². The summed E-state index contributed by atoms with van der Waals surface area (Å²) in [5.74, 6) is 0.580. The van der Waals surface area contributed by atoms with E-state index in [4.69, 9.17) is 4.74 Å². The number of nitrogens with zero attached hydrogens (tertiary/aromatic N) is 1. The van der Waals surface area contributed by atoms with Gasteiger partial charge in [-0.2, -0.15) is 0 Å². The Labute approximate surface area is 86.4 Å². The molecule has 2 atom stereocenters. The standard InChI is InChI=1S/C11H21NO2/c1-5-9-6-10(11(13)14-4)12(7-9)8(2)3/h8-10H,5-7H2,1-4H3/t9-,10-/m0/s1. The third kappa shape index (κ3) is 2.27. The summed E-state index contributed by atoms with van der Waals surface area (Å²) in [6.45, 7) is 7.48. The Morgan fingerprint density at radius 2 is 2.21 bits per heavy atom. The number of rotatable bonds is 3. The second-order valence-corrected chi connectivity index (χ2v) is 4.34. The molecule has 0 aromatic carbocycles. The molecule has 1 aliphatic rings. The van der Waals surface area contributed by atoms with Crippen LogP contribution in [0.15, 0.2) is 0 Å². The minimum atomic E-state index is -0.0744. The van der Waals surface area contributed by atoms with E-state index in [1.54, 1.807) is 0 Å². The summed E-state index contributed by atoms with van der Waals surface area (Å²) in [5, 5.41) is 0. The highest BCUT2D eigenvalue weighted by Crippen LogP contribution is 2.27. The summed E-state index contributed by atoms with van der Waals surface area (Å²) >= 11 is 0. The van der Waals surface area contributed by atoms with Crippen molar-refractivity contribution in [3.05, 3.63) is 0 Å². The van der Waals surface area contributed by atoms with E-state index in [2.05, 4.69) is 25.7 Å². The fraction of sp³-hybridized carbons (Fsp3) is 0.909. The topological polar surface area (TPSA) is 29.5 Å². The number of hydrogen-bond donors (Lipinski definition) is 0. The Morgan fingerprint density at radius 1 is 1.57 bits per heavy atom. The molecule has 0 radical (unpaired) electrons. The average Bonchev–Trinajstić information content (AvgIpc) is 2.60. The van der Waals surface area contributed by atoms with Gasteiger partial charge in [-0.05, 0) is 26.2 Å². The molecule has 3 nitrogen and oxygen atoms in total. The first-order valence-corrected chi connectivity index (χ1v) is 5.43. The Bertz CT molecular complexity index is 203. The maximum absolute atomic E-state index is 11.5. The van der Waals surface area contributed by atoms with Crippen LogP contribution < -0.4 is 0 Å². The monoisotopic (exact) mass is 199 g/mol. The molecule has 0 spiro atoms. The Morgan fingerprint density at radius 3 is 2.64 bits per heavy atom. The third-order valence-electron chi connectivity index (χ3n) is 3.14. The highest BCUT2D eigenvalue weighted by atomic mass is 16.5. The zero-order valence-electron chi connectivity index (χ0n) is 9.62. The molecule has 1 rings (SSSR count). The van der Waals surface area contributed by atoms with Crippen molar-refractivity contribution in [2.75, 3.05) is 13.7 Å². The van der Waals surface area contributed by atoms with Crippen molar-refractivity contribution in [3.8, 4) is 0 Å². The molecule has 1 aliphatic heterocycles. The molecule has 0 aliphatic carbocycles. The molecule has 0 amide bonds. The SMILES string of the molecule is CC[C@H]1C[C@@H](C(=O)OC)N(C(C)C)C1. The van der Waals surface area contributed by atoms with Crippen LogP contribution in [-0.4, -0.2) is 36.6 Å². The van der Waals surface area contributed by atoms with Gasteiger partial charge in [0.05, 0.1) is 7.11 Å². The van der Waals surface area contributed by atoms with Crippen LogP contribution in [0, 0.1) is 5.92 Å². The largest absolute Gasteiger partial charge is 0.468 e. The van der Waals surface area contributed by atoms with Gasteiger partial charge in [-0.1, -0.05) is 13.3 Å². The highest BCUT2D eigenvalue weighted by molar-refractivity contribution is 5.76. The molecule has 1 fully saturated rings. The van der Waals surface area contributed by atoms with Crippen molar-refractivity contribution >= 4 is 5.97 Å². The van der Waals surface area contributed by atoms with Gasteiger partial charge in [0.1, 0.15) is 6.04 Å². The van der Waals surface area contributed by atoms with Crippen molar-refractivity contribution in [2.24, 2.45) is 5.92 Å². The summed E-state index contributed by atoms with van der Waals surface area (Å²) in [7, 11) is 1.47. The smallest absolute Gasteiger partial charge is 0.323 e. The maximum atomic E-state index is 11.5. The first-order valence-electron chi connectivity index (χ1n) is 5.43. The van der Waals surface area contributed by atoms with Crippen molar-refractivity contribution in [1.82, 2.24) is 4.90 Å². The Kier molecular flexibility index (Phi) is 3.93. The molecular formula is C11H21NO2. The number of methoxy groups -OCH3 is 1. The predicted octanol–water partition coefficient (Wildman–Crippen LogP) is 1.67. The molecule has 0 unspecified atom stereocenters. The number of ether oxygens (including phenoxy) is 1. The third-order valence-corrected chi connectivity index (χ3v) is 3.14. The molecule has 14 heavy (non-hydrogen) atoms. The van der Waals surface area contributed by atoms with Crippen LogP contribution >= 0.6 is 0 Å². The molecule has 0 aromatic rings. The lowest BCUT2D eigenvalue weighted by atomic mass is 10.0. The summed E-state index contributed by atoms with van der Waals surface area (Å²) in [4.78, 5) is 13.8. The van der Waals surface area contributed by atoms with E-state index >= 15 is 0 Å². The minimum absolute atomic E-state index is 0.00931. The van der Waals surface area contributed by atoms with E-state index in [0.29, 0.717) is 12.0 Å². The number of hydrogen-bond acceptors (Lipinski definition) is 3. The molecule has 0 bridgehead atoms. The molecule has 1 saturated heterocycles. The van der Waals surface area contributed by atoms with Crippen LogP contribution in [0.2, 0.25) is 0 Å². The molecule has 3 heteroatoms. The highest BCUT2D eigenvalue weighted by Gasteiger charge is 2.37. The second-order valence-electron chi connectivity index (χ2n) is 4.34. The van der Waals surface area contributed by atoms with Crippen LogP contribution in [-0.2, 0) is 9.53 Å². The number of likely N-dealkylation sites (tertiary alicyclic amines) is 1. The lowest BCUT2D eigenvalue weighted by molar-refractivity contribution is -0.146. The maximum Gasteiger partial charge on any atom is 0.323 e. The van der Waals surface area contributed by atoms with E-state index in [0.717, 1.165) is 19.4 Å². The fourth-order valence-corrected chi connectivity index (χ4v) is 2.19. The van der Waals surface area contributed by atoms with Crippen molar-refractivity contribution in [2.45, 2.75) is 45.7 Å². The van der Waals surface area contributed by atoms with Crippen LogP contribution in [0.25, 0.3) is 0 Å². The van der Waals surface area contributed by atoms with Gasteiger partial charge in [-0.3, -0.25) is 9.69 Å². The van der Waals surface area contributed by atoms with Gasteiger partial charge < -0.3 is 4.74 Å². The number of carbonyl (C=O) groups excluding carboxylic acids is 1. The van der Waals surface area contributed by atoms with Crippen molar-refractivity contribution in [1.29, 1.82) is 0 Å². The lowest BCUT2D eigenvalue weighted by Crippen LogP contribution is -2.41. The second kappa shape index (κ2) is 4.78.